The minimum atomic E-state index is -0.552. The quantitative estimate of drug-likeness (QED) is 0.509. The molecule has 0 N–H and O–H groups in total. The summed E-state index contributed by atoms with van der Waals surface area (Å²) in [6.45, 7) is 4.47. The Balaban J connectivity index is 1.67. The van der Waals surface area contributed by atoms with E-state index in [1.807, 2.05) is 49.4 Å². The van der Waals surface area contributed by atoms with Gasteiger partial charge in [-0.25, -0.2) is 4.79 Å². The van der Waals surface area contributed by atoms with Crippen molar-refractivity contribution in [1.82, 2.24) is 4.90 Å². The fraction of sp³-hybridized carbons (Fsp3) is 0.333. The summed E-state index contributed by atoms with van der Waals surface area (Å²) in [6.07, 6.45) is 2.38. The number of carbonyl (C=O) groups excluding carboxylic acids is 2. The Morgan fingerprint density at radius 3 is 2.60 bits per heavy atom. The Bertz CT molecular complexity index is 1090. The van der Waals surface area contributed by atoms with Crippen LogP contribution in [-0.4, -0.2) is 36.0 Å². The first-order valence-corrected chi connectivity index (χ1v) is 10.6. The summed E-state index contributed by atoms with van der Waals surface area (Å²) >= 11 is 5.99. The number of hydrogen-bond donors (Lipinski definition) is 0. The van der Waals surface area contributed by atoms with E-state index in [1.165, 1.54) is 0 Å². The number of nitrogens with zero attached hydrogens (tertiary/aromatic N) is 1. The third kappa shape index (κ3) is 3.82. The first-order valence-electron chi connectivity index (χ1n) is 10.3. The Morgan fingerprint density at radius 1 is 1.13 bits per heavy atom. The molecule has 1 amide bonds. The van der Waals surface area contributed by atoms with Gasteiger partial charge < -0.3 is 14.1 Å². The first kappa shape index (κ1) is 20.5. The van der Waals surface area contributed by atoms with Gasteiger partial charge in [0.1, 0.15) is 11.6 Å². The summed E-state index contributed by atoms with van der Waals surface area (Å²) in [5.74, 6) is -0.312. The van der Waals surface area contributed by atoms with Crippen LogP contribution in [0.3, 0.4) is 0 Å². The van der Waals surface area contributed by atoms with Crippen molar-refractivity contribution in [2.75, 3.05) is 13.2 Å². The van der Waals surface area contributed by atoms with Gasteiger partial charge in [-0.05, 0) is 62.4 Å². The fourth-order valence-corrected chi connectivity index (χ4v) is 4.17. The van der Waals surface area contributed by atoms with Gasteiger partial charge in [0.05, 0.1) is 6.61 Å². The number of hydrogen-bond acceptors (Lipinski definition) is 4. The topological polar surface area (TPSA) is 59.8 Å². The first-order chi connectivity index (χ1) is 14.5. The van der Waals surface area contributed by atoms with Gasteiger partial charge in [-0.1, -0.05) is 35.9 Å². The Hall–Kier alpha value is -2.79. The van der Waals surface area contributed by atoms with E-state index in [-0.39, 0.29) is 17.6 Å². The second kappa shape index (κ2) is 8.52. The lowest BCUT2D eigenvalue weighted by molar-refractivity contribution is -0.149. The van der Waals surface area contributed by atoms with Crippen molar-refractivity contribution in [3.63, 3.8) is 0 Å². The molecule has 1 aliphatic heterocycles. The van der Waals surface area contributed by atoms with Crippen LogP contribution in [0.2, 0.25) is 5.02 Å². The van der Waals surface area contributed by atoms with Crippen LogP contribution in [0.4, 0.5) is 0 Å². The highest BCUT2D eigenvalue weighted by atomic mass is 35.5. The number of rotatable bonds is 4. The van der Waals surface area contributed by atoms with Gasteiger partial charge in [-0.3, -0.25) is 4.79 Å². The van der Waals surface area contributed by atoms with Crippen LogP contribution in [0.1, 0.15) is 42.3 Å². The number of piperidine rings is 1. The second-order valence-corrected chi connectivity index (χ2v) is 7.97. The number of halogens is 1. The van der Waals surface area contributed by atoms with Crippen LogP contribution in [0.15, 0.2) is 46.9 Å². The number of benzene rings is 2. The number of amides is 1. The molecule has 1 aromatic heterocycles. The molecule has 1 unspecified atom stereocenters. The highest BCUT2D eigenvalue weighted by Crippen LogP contribution is 2.32. The second-order valence-electron chi connectivity index (χ2n) is 7.54. The molecule has 2 aromatic carbocycles. The van der Waals surface area contributed by atoms with Crippen molar-refractivity contribution in [3.05, 3.63) is 58.8 Å². The maximum atomic E-state index is 13.3. The number of fused-ring (bicyclic) bond motifs is 1. The van der Waals surface area contributed by atoms with Crippen molar-refractivity contribution in [2.45, 2.75) is 39.2 Å². The summed E-state index contributed by atoms with van der Waals surface area (Å²) in [6, 6.07) is 12.9. The normalized spacial score (nSPS) is 16.6. The Labute approximate surface area is 180 Å². The molecule has 156 valence electrons. The van der Waals surface area contributed by atoms with Gasteiger partial charge in [0.25, 0.3) is 5.91 Å². The number of esters is 1. The molecular weight excluding hydrogens is 402 g/mol. The minimum absolute atomic E-state index is 0.255. The van der Waals surface area contributed by atoms with Gasteiger partial charge in [0.2, 0.25) is 0 Å². The van der Waals surface area contributed by atoms with Crippen LogP contribution < -0.4 is 0 Å². The zero-order valence-electron chi connectivity index (χ0n) is 17.1. The standard InChI is InChI=1S/C24H24ClNO4/c1-3-29-24(28)20-6-4-5-13-26(20)23(27)22-15(2)19-12-9-17(14-21(19)30-22)16-7-10-18(25)11-8-16/h7-12,14,20H,3-6,13H2,1-2H3. The Morgan fingerprint density at radius 2 is 1.87 bits per heavy atom. The predicted molar refractivity (Wildman–Crippen MR) is 117 cm³/mol. The molecule has 3 aromatic rings. The van der Waals surface area contributed by atoms with Gasteiger partial charge >= 0.3 is 5.97 Å². The van der Waals surface area contributed by atoms with E-state index < -0.39 is 6.04 Å². The summed E-state index contributed by atoms with van der Waals surface area (Å²) in [5.41, 5.74) is 3.43. The lowest BCUT2D eigenvalue weighted by Gasteiger charge is -2.33. The number of aryl methyl sites for hydroxylation is 1. The molecule has 5 nitrogen and oxygen atoms in total. The summed E-state index contributed by atoms with van der Waals surface area (Å²) in [5, 5.41) is 1.57. The highest BCUT2D eigenvalue weighted by Gasteiger charge is 2.35. The number of carbonyl (C=O) groups is 2. The fourth-order valence-electron chi connectivity index (χ4n) is 4.04. The minimum Gasteiger partial charge on any atom is -0.464 e. The maximum Gasteiger partial charge on any atom is 0.328 e. The highest BCUT2D eigenvalue weighted by molar-refractivity contribution is 6.30. The molecule has 1 saturated heterocycles. The number of ether oxygens (including phenoxy) is 1. The van der Waals surface area contributed by atoms with Crippen LogP contribution >= 0.6 is 11.6 Å². The van der Waals surface area contributed by atoms with Gasteiger partial charge in [0.15, 0.2) is 5.76 Å². The lowest BCUT2D eigenvalue weighted by Crippen LogP contribution is -2.48. The maximum absolute atomic E-state index is 13.3. The molecule has 30 heavy (non-hydrogen) atoms. The van der Waals surface area contributed by atoms with Crippen LogP contribution in [-0.2, 0) is 9.53 Å². The lowest BCUT2D eigenvalue weighted by atomic mass is 10.0. The zero-order chi connectivity index (χ0) is 21.3. The molecule has 0 radical (unpaired) electrons. The van der Waals surface area contributed by atoms with E-state index in [1.54, 1.807) is 11.8 Å². The zero-order valence-corrected chi connectivity index (χ0v) is 17.9. The van der Waals surface area contributed by atoms with Crippen molar-refractivity contribution in [2.24, 2.45) is 0 Å². The van der Waals surface area contributed by atoms with E-state index in [0.717, 1.165) is 34.9 Å². The number of furan rings is 1. The Kier molecular flexibility index (Phi) is 5.82. The third-order valence-corrected chi connectivity index (χ3v) is 5.88. The molecule has 0 aliphatic carbocycles. The van der Waals surface area contributed by atoms with E-state index in [2.05, 4.69) is 0 Å². The van der Waals surface area contributed by atoms with Crippen LogP contribution in [0.5, 0.6) is 0 Å². The van der Waals surface area contributed by atoms with Crippen molar-refractivity contribution < 1.29 is 18.7 Å². The molecule has 2 heterocycles. The molecule has 1 atom stereocenters. The molecule has 1 fully saturated rings. The molecule has 6 heteroatoms. The molecule has 0 bridgehead atoms. The van der Waals surface area contributed by atoms with Crippen LogP contribution in [0.25, 0.3) is 22.1 Å². The summed E-state index contributed by atoms with van der Waals surface area (Å²) < 4.78 is 11.2. The molecular formula is C24H24ClNO4. The van der Waals surface area contributed by atoms with E-state index in [9.17, 15) is 9.59 Å². The van der Waals surface area contributed by atoms with E-state index in [0.29, 0.717) is 30.2 Å². The smallest absolute Gasteiger partial charge is 0.328 e. The van der Waals surface area contributed by atoms with E-state index >= 15 is 0 Å². The third-order valence-electron chi connectivity index (χ3n) is 5.63. The van der Waals surface area contributed by atoms with Gasteiger partial charge in [-0.15, -0.1) is 0 Å². The van der Waals surface area contributed by atoms with Crippen molar-refractivity contribution in [1.29, 1.82) is 0 Å². The van der Waals surface area contributed by atoms with Crippen molar-refractivity contribution >= 4 is 34.4 Å². The summed E-state index contributed by atoms with van der Waals surface area (Å²) in [7, 11) is 0. The van der Waals surface area contributed by atoms with Gasteiger partial charge in [0, 0.05) is 22.5 Å². The number of likely N-dealkylation sites (tertiary alicyclic amines) is 1. The van der Waals surface area contributed by atoms with Gasteiger partial charge in [-0.2, -0.15) is 0 Å². The molecule has 1 aliphatic rings. The summed E-state index contributed by atoms with van der Waals surface area (Å²) in [4.78, 5) is 27.3. The van der Waals surface area contributed by atoms with Crippen LogP contribution in [0, 0.1) is 6.92 Å². The molecule has 0 saturated carbocycles. The average molecular weight is 426 g/mol. The van der Waals surface area contributed by atoms with E-state index in [4.69, 9.17) is 20.8 Å². The average Bonchev–Trinajstić information content (AvgIpc) is 3.10. The SMILES string of the molecule is CCOC(=O)C1CCCCN1C(=O)c1oc2cc(-c3ccc(Cl)cc3)ccc2c1C. The monoisotopic (exact) mass is 425 g/mol. The molecule has 4 rings (SSSR count). The van der Waals surface area contributed by atoms with Crippen molar-refractivity contribution in [3.8, 4) is 11.1 Å². The predicted octanol–water partition coefficient (Wildman–Crippen LogP) is 5.62. The largest absolute Gasteiger partial charge is 0.464 e. The molecule has 0 spiro atoms.